The lowest BCUT2D eigenvalue weighted by Gasteiger charge is -2.07. The Kier molecular flexibility index (Phi) is 4.70. The van der Waals surface area contributed by atoms with Crippen molar-refractivity contribution in [2.75, 3.05) is 10.6 Å². The van der Waals surface area contributed by atoms with Crippen molar-refractivity contribution < 1.29 is 9.59 Å². The number of carbonyl (C=O) groups excluding carboxylic acids is 2. The van der Waals surface area contributed by atoms with E-state index in [9.17, 15) is 9.59 Å². The molecule has 1 aliphatic carbocycles. The zero-order chi connectivity index (χ0) is 16.9. The van der Waals surface area contributed by atoms with Crippen LogP contribution in [0.1, 0.15) is 30.1 Å². The predicted molar refractivity (Wildman–Crippen MR) is 93.7 cm³/mol. The van der Waals surface area contributed by atoms with Gasteiger partial charge in [0.05, 0.1) is 0 Å². The van der Waals surface area contributed by atoms with Crippen LogP contribution in [-0.2, 0) is 4.79 Å². The molecular weight excluding hydrogens is 302 g/mol. The largest absolute Gasteiger partial charge is 0.322 e. The first-order valence-corrected chi connectivity index (χ1v) is 7.93. The molecule has 1 saturated carbocycles. The van der Waals surface area contributed by atoms with E-state index in [1.807, 2.05) is 6.92 Å². The monoisotopic (exact) mass is 321 g/mol. The Hall–Kier alpha value is -2.95. The summed E-state index contributed by atoms with van der Waals surface area (Å²) in [5, 5.41) is 5.52. The second kappa shape index (κ2) is 7.08. The van der Waals surface area contributed by atoms with Crippen LogP contribution >= 0.6 is 0 Å². The first-order valence-electron chi connectivity index (χ1n) is 7.93. The number of hydrogen-bond donors (Lipinski definition) is 2. The molecule has 3 rings (SSSR count). The molecule has 0 spiro atoms. The van der Waals surface area contributed by atoms with Crippen molar-refractivity contribution in [1.82, 2.24) is 4.98 Å². The number of anilines is 2. The van der Waals surface area contributed by atoms with Crippen LogP contribution in [0.25, 0.3) is 0 Å². The first-order chi connectivity index (χ1) is 11.6. The van der Waals surface area contributed by atoms with E-state index < -0.39 is 0 Å². The summed E-state index contributed by atoms with van der Waals surface area (Å²) in [5.41, 5.74) is 2.16. The Balaban J connectivity index is 1.66. The van der Waals surface area contributed by atoms with Gasteiger partial charge >= 0.3 is 0 Å². The van der Waals surface area contributed by atoms with E-state index in [4.69, 9.17) is 0 Å². The van der Waals surface area contributed by atoms with Crippen LogP contribution in [0.15, 0.2) is 60.3 Å². The van der Waals surface area contributed by atoms with Crippen LogP contribution in [0.2, 0.25) is 0 Å². The molecule has 0 bridgehead atoms. The van der Waals surface area contributed by atoms with E-state index in [0.717, 1.165) is 5.57 Å². The maximum absolute atomic E-state index is 12.3. The molecule has 0 atom stereocenters. The van der Waals surface area contributed by atoms with Crippen molar-refractivity contribution in [2.45, 2.75) is 19.8 Å². The lowest BCUT2D eigenvalue weighted by Crippen LogP contribution is -2.14. The molecule has 0 aliphatic heterocycles. The number of benzene rings is 1. The summed E-state index contributed by atoms with van der Waals surface area (Å²) in [6, 6.07) is 12.1. The molecule has 1 aliphatic rings. The number of nitrogens with zero attached hydrogens (tertiary/aromatic N) is 1. The molecule has 5 heteroatoms. The SMILES string of the molecule is C/C(=C\C(=O)Nc1cccc(C(=O)Nc2ccccn2)c1)C1CC1. The topological polar surface area (TPSA) is 71.1 Å². The molecule has 5 nitrogen and oxygen atoms in total. The highest BCUT2D eigenvalue weighted by Crippen LogP contribution is 2.35. The van der Waals surface area contributed by atoms with Crippen LogP contribution in [0.4, 0.5) is 11.5 Å². The first kappa shape index (κ1) is 15.9. The molecule has 24 heavy (non-hydrogen) atoms. The third kappa shape index (κ3) is 4.29. The zero-order valence-corrected chi connectivity index (χ0v) is 13.5. The number of aromatic nitrogens is 1. The Morgan fingerprint density at radius 1 is 1.12 bits per heavy atom. The van der Waals surface area contributed by atoms with Gasteiger partial charge in [0.15, 0.2) is 0 Å². The molecular formula is C19H19N3O2. The smallest absolute Gasteiger partial charge is 0.256 e. The van der Waals surface area contributed by atoms with Crippen molar-refractivity contribution in [3.05, 3.63) is 65.9 Å². The van der Waals surface area contributed by atoms with Crippen LogP contribution in [0, 0.1) is 5.92 Å². The van der Waals surface area contributed by atoms with Gasteiger partial charge in [0.1, 0.15) is 5.82 Å². The summed E-state index contributed by atoms with van der Waals surface area (Å²) >= 11 is 0. The van der Waals surface area contributed by atoms with Gasteiger partial charge in [-0.2, -0.15) is 0 Å². The maximum Gasteiger partial charge on any atom is 0.256 e. The number of rotatable bonds is 5. The second-order valence-electron chi connectivity index (χ2n) is 5.90. The van der Waals surface area contributed by atoms with Crippen LogP contribution in [0.5, 0.6) is 0 Å². The Morgan fingerprint density at radius 3 is 2.67 bits per heavy atom. The average Bonchev–Trinajstić information content (AvgIpc) is 3.41. The van der Waals surface area contributed by atoms with Gasteiger partial charge < -0.3 is 10.6 Å². The van der Waals surface area contributed by atoms with Crippen molar-refractivity contribution in [2.24, 2.45) is 5.92 Å². The minimum atomic E-state index is -0.269. The zero-order valence-electron chi connectivity index (χ0n) is 13.5. The Morgan fingerprint density at radius 2 is 1.96 bits per heavy atom. The fraction of sp³-hybridized carbons (Fsp3) is 0.211. The van der Waals surface area contributed by atoms with Gasteiger partial charge in [0.2, 0.25) is 5.91 Å². The fourth-order valence-corrected chi connectivity index (χ4v) is 2.41. The quantitative estimate of drug-likeness (QED) is 0.826. The van der Waals surface area contributed by atoms with Gasteiger partial charge in [-0.3, -0.25) is 9.59 Å². The minimum absolute atomic E-state index is 0.165. The summed E-state index contributed by atoms with van der Waals surface area (Å²) in [5.74, 6) is 0.613. The van der Waals surface area contributed by atoms with Crippen LogP contribution < -0.4 is 10.6 Å². The molecule has 1 fully saturated rings. The van der Waals surface area contributed by atoms with E-state index in [-0.39, 0.29) is 11.8 Å². The predicted octanol–water partition coefficient (Wildman–Crippen LogP) is 3.63. The van der Waals surface area contributed by atoms with Crippen molar-refractivity contribution in [3.8, 4) is 0 Å². The fourth-order valence-electron chi connectivity index (χ4n) is 2.41. The highest BCUT2D eigenvalue weighted by atomic mass is 16.2. The van der Waals surface area contributed by atoms with Gasteiger partial charge in [0.25, 0.3) is 5.91 Å². The van der Waals surface area contributed by atoms with Gasteiger partial charge in [-0.25, -0.2) is 4.98 Å². The standard InChI is InChI=1S/C19H19N3O2/c1-13(14-8-9-14)11-18(23)21-16-6-4-5-15(12-16)19(24)22-17-7-2-3-10-20-17/h2-7,10-12,14H,8-9H2,1H3,(H,21,23)(H,20,22,24)/b13-11+. The van der Waals surface area contributed by atoms with E-state index in [1.54, 1.807) is 54.7 Å². The van der Waals surface area contributed by atoms with Crippen molar-refractivity contribution in [1.29, 1.82) is 0 Å². The molecule has 0 unspecified atom stereocenters. The van der Waals surface area contributed by atoms with E-state index in [1.165, 1.54) is 12.8 Å². The van der Waals surface area contributed by atoms with Crippen molar-refractivity contribution >= 4 is 23.3 Å². The molecule has 2 N–H and O–H groups in total. The lowest BCUT2D eigenvalue weighted by atomic mass is 10.1. The van der Waals surface area contributed by atoms with Gasteiger partial charge in [0, 0.05) is 23.5 Å². The van der Waals surface area contributed by atoms with Crippen molar-refractivity contribution in [3.63, 3.8) is 0 Å². The van der Waals surface area contributed by atoms with E-state index >= 15 is 0 Å². The van der Waals surface area contributed by atoms with Gasteiger partial charge in [-0.05, 0) is 56.0 Å². The summed E-state index contributed by atoms with van der Waals surface area (Å²) in [4.78, 5) is 28.3. The molecule has 1 heterocycles. The maximum atomic E-state index is 12.3. The average molecular weight is 321 g/mol. The van der Waals surface area contributed by atoms with Crippen LogP contribution in [-0.4, -0.2) is 16.8 Å². The number of carbonyl (C=O) groups is 2. The number of pyridine rings is 1. The summed E-state index contributed by atoms with van der Waals surface area (Å²) in [6.07, 6.45) is 5.58. The number of hydrogen-bond acceptors (Lipinski definition) is 3. The Labute approximate surface area is 140 Å². The molecule has 2 amide bonds. The van der Waals surface area contributed by atoms with E-state index in [0.29, 0.717) is 23.0 Å². The third-order valence-corrected chi connectivity index (χ3v) is 3.88. The summed E-state index contributed by atoms with van der Waals surface area (Å²) < 4.78 is 0. The number of allylic oxidation sites excluding steroid dienone is 1. The van der Waals surface area contributed by atoms with E-state index in [2.05, 4.69) is 15.6 Å². The Bertz CT molecular complexity index is 780. The minimum Gasteiger partial charge on any atom is -0.322 e. The summed E-state index contributed by atoms with van der Waals surface area (Å²) in [6.45, 7) is 1.98. The van der Waals surface area contributed by atoms with Gasteiger partial charge in [-0.1, -0.05) is 17.7 Å². The molecule has 0 radical (unpaired) electrons. The van der Waals surface area contributed by atoms with Crippen LogP contribution in [0.3, 0.4) is 0 Å². The number of amides is 2. The second-order valence-corrected chi connectivity index (χ2v) is 5.90. The normalized spacial score (nSPS) is 14.1. The third-order valence-electron chi connectivity index (χ3n) is 3.88. The highest BCUT2D eigenvalue weighted by molar-refractivity contribution is 6.05. The lowest BCUT2D eigenvalue weighted by molar-refractivity contribution is -0.112. The molecule has 2 aromatic rings. The molecule has 0 saturated heterocycles. The summed E-state index contributed by atoms with van der Waals surface area (Å²) in [7, 11) is 0. The number of nitrogens with one attached hydrogen (secondary N) is 2. The molecule has 1 aromatic carbocycles. The highest BCUT2D eigenvalue weighted by Gasteiger charge is 2.23. The molecule has 1 aromatic heterocycles. The van der Waals surface area contributed by atoms with Gasteiger partial charge in [-0.15, -0.1) is 0 Å². The molecule has 122 valence electrons.